The standard InChI is InChI=1S/C5H8NO4/c6-3(5(9)10)1-2-4(7)8/h3,6H,1-2H2,(H,7,8)(H,9,10)/t3-/m0/s1. The van der Waals surface area contributed by atoms with E-state index in [0.717, 1.165) is 0 Å². The molecule has 0 unspecified atom stereocenters. The lowest BCUT2D eigenvalue weighted by Gasteiger charge is -2.00. The molecule has 0 spiro atoms. The topological polar surface area (TPSA) is 98.4 Å². The van der Waals surface area contributed by atoms with Gasteiger partial charge in [-0.25, -0.2) is 5.73 Å². The van der Waals surface area contributed by atoms with Crippen LogP contribution in [-0.4, -0.2) is 28.2 Å². The first kappa shape index (κ1) is 8.90. The molecule has 0 saturated carbocycles. The largest absolute Gasteiger partial charge is 0.481 e. The summed E-state index contributed by atoms with van der Waals surface area (Å²) in [7, 11) is 0. The van der Waals surface area contributed by atoms with Crippen LogP contribution in [0.25, 0.3) is 0 Å². The summed E-state index contributed by atoms with van der Waals surface area (Å²) in [6, 6.07) is -1.31. The van der Waals surface area contributed by atoms with Gasteiger partial charge < -0.3 is 10.2 Å². The van der Waals surface area contributed by atoms with Crippen molar-refractivity contribution in [1.29, 1.82) is 0 Å². The number of rotatable bonds is 4. The average molecular weight is 146 g/mol. The second-order valence-electron chi connectivity index (χ2n) is 1.82. The minimum Gasteiger partial charge on any atom is -0.481 e. The van der Waals surface area contributed by atoms with Crippen molar-refractivity contribution in [2.24, 2.45) is 0 Å². The van der Waals surface area contributed by atoms with Crippen LogP contribution in [0.4, 0.5) is 0 Å². The molecule has 0 bridgehead atoms. The van der Waals surface area contributed by atoms with Gasteiger partial charge in [0.1, 0.15) is 6.04 Å². The minimum atomic E-state index is -1.31. The highest BCUT2D eigenvalue weighted by atomic mass is 16.4. The highest BCUT2D eigenvalue weighted by molar-refractivity contribution is 5.74. The van der Waals surface area contributed by atoms with Crippen LogP contribution in [0.2, 0.25) is 0 Å². The molecule has 5 nitrogen and oxygen atoms in total. The molecule has 1 atom stereocenters. The molecule has 0 aliphatic heterocycles. The number of nitrogens with one attached hydrogen (secondary N) is 1. The highest BCUT2D eigenvalue weighted by Crippen LogP contribution is 1.95. The molecule has 0 heterocycles. The van der Waals surface area contributed by atoms with Gasteiger partial charge >= 0.3 is 11.9 Å². The van der Waals surface area contributed by atoms with Crippen LogP contribution in [0, 0.1) is 0 Å². The van der Waals surface area contributed by atoms with Crippen molar-refractivity contribution in [3.8, 4) is 0 Å². The number of hydrogen-bond acceptors (Lipinski definition) is 2. The molecule has 0 fully saturated rings. The summed E-state index contributed by atoms with van der Waals surface area (Å²) in [5, 5.41) is 16.2. The third-order valence-corrected chi connectivity index (χ3v) is 0.945. The molecule has 3 N–H and O–H groups in total. The molecular formula is C5H8NO4. The van der Waals surface area contributed by atoms with E-state index in [-0.39, 0.29) is 12.8 Å². The van der Waals surface area contributed by atoms with Crippen molar-refractivity contribution < 1.29 is 19.8 Å². The van der Waals surface area contributed by atoms with Crippen molar-refractivity contribution in [3.63, 3.8) is 0 Å². The van der Waals surface area contributed by atoms with Crippen LogP contribution in [0.1, 0.15) is 12.8 Å². The summed E-state index contributed by atoms with van der Waals surface area (Å²) in [5.41, 5.74) is 6.76. The minimum absolute atomic E-state index is 0.134. The number of carbonyl (C=O) groups is 2. The van der Waals surface area contributed by atoms with E-state index in [2.05, 4.69) is 0 Å². The van der Waals surface area contributed by atoms with E-state index in [4.69, 9.17) is 15.9 Å². The molecule has 0 rings (SSSR count). The predicted octanol–water partition coefficient (Wildman–Crippen LogP) is -0.413. The van der Waals surface area contributed by atoms with Crippen LogP contribution in [0.3, 0.4) is 0 Å². The lowest BCUT2D eigenvalue weighted by molar-refractivity contribution is -0.140. The second kappa shape index (κ2) is 3.84. The van der Waals surface area contributed by atoms with Crippen molar-refractivity contribution in [3.05, 3.63) is 0 Å². The van der Waals surface area contributed by atoms with Crippen molar-refractivity contribution >= 4 is 11.9 Å². The number of carboxylic acids is 2. The average Bonchev–Trinajstić information content (AvgIpc) is 1.82. The fourth-order valence-electron chi connectivity index (χ4n) is 0.391. The van der Waals surface area contributed by atoms with Gasteiger partial charge in [0, 0.05) is 6.42 Å². The van der Waals surface area contributed by atoms with Crippen LogP contribution in [-0.2, 0) is 9.59 Å². The van der Waals surface area contributed by atoms with E-state index in [0.29, 0.717) is 0 Å². The Bertz CT molecular complexity index is 145. The van der Waals surface area contributed by atoms with Gasteiger partial charge in [0.05, 0.1) is 0 Å². The van der Waals surface area contributed by atoms with Crippen LogP contribution < -0.4 is 5.73 Å². The lowest BCUT2D eigenvalue weighted by Crippen LogP contribution is -2.22. The first-order valence-corrected chi connectivity index (χ1v) is 2.69. The third-order valence-electron chi connectivity index (χ3n) is 0.945. The number of carboxylic acid groups (broad SMARTS) is 2. The van der Waals surface area contributed by atoms with Crippen molar-refractivity contribution in [2.75, 3.05) is 0 Å². The van der Waals surface area contributed by atoms with Crippen LogP contribution in [0.5, 0.6) is 0 Å². The van der Waals surface area contributed by atoms with Gasteiger partial charge in [-0.2, -0.15) is 0 Å². The molecule has 0 amide bonds. The van der Waals surface area contributed by atoms with Gasteiger partial charge in [0.2, 0.25) is 0 Å². The Hall–Kier alpha value is -1.10. The van der Waals surface area contributed by atoms with E-state index < -0.39 is 18.0 Å². The normalized spacial score (nSPS) is 12.5. The van der Waals surface area contributed by atoms with E-state index in [1.807, 2.05) is 0 Å². The molecule has 0 aliphatic rings. The summed E-state index contributed by atoms with van der Waals surface area (Å²) in [6.07, 6.45) is -0.398. The molecule has 1 radical (unpaired) electrons. The van der Waals surface area contributed by atoms with Gasteiger partial charge in [0.25, 0.3) is 0 Å². The van der Waals surface area contributed by atoms with E-state index in [1.165, 1.54) is 0 Å². The van der Waals surface area contributed by atoms with Crippen molar-refractivity contribution in [2.45, 2.75) is 18.9 Å². The predicted molar refractivity (Wildman–Crippen MR) is 31.4 cm³/mol. The number of aliphatic carboxylic acids is 2. The molecule has 0 aromatic rings. The van der Waals surface area contributed by atoms with E-state index >= 15 is 0 Å². The Balaban J connectivity index is 3.49. The maximum Gasteiger partial charge on any atom is 0.322 e. The fraction of sp³-hybridized carbons (Fsp3) is 0.600. The molecule has 57 valence electrons. The fourth-order valence-corrected chi connectivity index (χ4v) is 0.391. The smallest absolute Gasteiger partial charge is 0.322 e. The lowest BCUT2D eigenvalue weighted by atomic mass is 10.2. The van der Waals surface area contributed by atoms with Crippen molar-refractivity contribution in [1.82, 2.24) is 5.73 Å². The Labute approximate surface area is 57.5 Å². The van der Waals surface area contributed by atoms with Crippen LogP contribution in [0.15, 0.2) is 0 Å². The first-order chi connectivity index (χ1) is 4.54. The zero-order valence-corrected chi connectivity index (χ0v) is 5.20. The highest BCUT2D eigenvalue weighted by Gasteiger charge is 2.12. The van der Waals surface area contributed by atoms with Gasteiger partial charge in [-0.15, -0.1) is 0 Å². The zero-order valence-electron chi connectivity index (χ0n) is 5.20. The maximum atomic E-state index is 9.93. The Kier molecular flexibility index (Phi) is 3.42. The summed E-state index contributed by atoms with van der Waals surface area (Å²) in [5.74, 6) is -2.35. The Morgan fingerprint density at radius 2 is 1.90 bits per heavy atom. The van der Waals surface area contributed by atoms with Crippen LogP contribution >= 0.6 is 0 Å². The van der Waals surface area contributed by atoms with Gasteiger partial charge in [-0.3, -0.25) is 9.59 Å². The molecule has 5 heteroatoms. The molecule has 10 heavy (non-hydrogen) atoms. The summed E-state index contributed by atoms with van der Waals surface area (Å²) in [6.45, 7) is 0. The monoisotopic (exact) mass is 146 g/mol. The summed E-state index contributed by atoms with van der Waals surface area (Å²) >= 11 is 0. The van der Waals surface area contributed by atoms with E-state index in [1.54, 1.807) is 0 Å². The molecule has 0 aromatic carbocycles. The maximum absolute atomic E-state index is 9.93. The van der Waals surface area contributed by atoms with Gasteiger partial charge in [-0.05, 0) is 6.42 Å². The zero-order chi connectivity index (χ0) is 8.15. The quantitative estimate of drug-likeness (QED) is 0.563. The SMILES string of the molecule is [NH][C@@H](CCC(=O)O)C(=O)O. The molecular weight excluding hydrogens is 138 g/mol. The Morgan fingerprint density at radius 1 is 1.40 bits per heavy atom. The van der Waals surface area contributed by atoms with Gasteiger partial charge in [-0.1, -0.05) is 0 Å². The second-order valence-corrected chi connectivity index (χ2v) is 1.82. The summed E-state index contributed by atoms with van der Waals surface area (Å²) in [4.78, 5) is 19.8. The summed E-state index contributed by atoms with van der Waals surface area (Å²) < 4.78 is 0. The van der Waals surface area contributed by atoms with E-state index in [9.17, 15) is 9.59 Å². The first-order valence-electron chi connectivity index (χ1n) is 2.69. The molecule has 0 aromatic heterocycles. The molecule has 0 saturated heterocycles. The Morgan fingerprint density at radius 3 is 2.20 bits per heavy atom. The third kappa shape index (κ3) is 3.85. The number of hydrogen-bond donors (Lipinski definition) is 2. The van der Waals surface area contributed by atoms with Gasteiger partial charge in [0.15, 0.2) is 0 Å². The molecule has 0 aliphatic carbocycles.